The number of amides is 3. The average Bonchev–Trinajstić information content (AvgIpc) is 1.84. The number of aliphatic hydroxyl groups is 4. The van der Waals surface area contributed by atoms with Crippen molar-refractivity contribution >= 4 is 52.2 Å². The number of esters is 1. The Morgan fingerprint density at radius 2 is 1.54 bits per heavy atom. The number of nitrogens with one attached hydrogen (secondary N) is 2. The maximum atomic E-state index is 14.1. The number of aliphatic carboxylic acids is 1. The number of carboxylic acids is 1. The van der Waals surface area contributed by atoms with E-state index in [0.29, 0.717) is 56.5 Å². The molecule has 26 heteroatoms. The highest BCUT2D eigenvalue weighted by atomic mass is 16.7. The molecule has 26 nitrogen and oxygen atoms in total. The van der Waals surface area contributed by atoms with Gasteiger partial charge in [0.15, 0.2) is 17.5 Å². The van der Waals surface area contributed by atoms with Gasteiger partial charge >= 0.3 is 18.0 Å². The molecule has 0 spiro atoms. The van der Waals surface area contributed by atoms with Crippen LogP contribution in [0.5, 0.6) is 5.75 Å². The first-order chi connectivity index (χ1) is 40.6. The van der Waals surface area contributed by atoms with E-state index in [1.165, 1.54) is 30.0 Å². The van der Waals surface area contributed by atoms with Crippen LogP contribution in [0.1, 0.15) is 88.6 Å². The number of ether oxygens (including phenoxy) is 8. The summed E-state index contributed by atoms with van der Waals surface area (Å²) in [5, 5.41) is 59.3. The molecule has 0 saturated carbocycles. The minimum atomic E-state index is -2.04. The Labute approximate surface area is 490 Å². The second-order valence-electron chi connectivity index (χ2n) is 21.7. The number of hydrogen-bond acceptors (Lipinski definition) is 21. The van der Waals surface area contributed by atoms with E-state index in [1.54, 1.807) is 45.3 Å². The van der Waals surface area contributed by atoms with Gasteiger partial charge in [0.1, 0.15) is 37.3 Å². The van der Waals surface area contributed by atoms with Crippen LogP contribution >= 0.6 is 0 Å². The average molecular weight is 1190 g/mol. The van der Waals surface area contributed by atoms with Gasteiger partial charge in [-0.3, -0.25) is 19.2 Å². The number of hydrogen-bond donors (Lipinski definition) is 8. The molecule has 3 amide bonds. The molecular formula is C59H78N6O20. The minimum absolute atomic E-state index is 0.0198. The Morgan fingerprint density at radius 1 is 0.871 bits per heavy atom. The van der Waals surface area contributed by atoms with Gasteiger partial charge in [0.05, 0.1) is 93.6 Å². The molecule has 3 aliphatic heterocycles. The fourth-order valence-corrected chi connectivity index (χ4v) is 10.2. The lowest BCUT2D eigenvalue weighted by molar-refractivity contribution is -0.271. The number of para-hydroxylation sites is 1. The number of cyclic esters (lactones) is 1. The number of aromatic nitrogens is 2. The van der Waals surface area contributed by atoms with Gasteiger partial charge in [0.2, 0.25) is 18.1 Å². The van der Waals surface area contributed by atoms with Crippen LogP contribution in [0.4, 0.5) is 10.5 Å². The Bertz CT molecular complexity index is 3100. The number of carboxylic acid groups (broad SMARTS) is 1. The molecule has 2 aromatic heterocycles. The van der Waals surface area contributed by atoms with Crippen LogP contribution in [-0.2, 0) is 88.9 Å². The Balaban J connectivity index is 1.01. The molecule has 1 saturated heterocycles. The van der Waals surface area contributed by atoms with Crippen molar-refractivity contribution in [2.45, 2.75) is 135 Å². The number of aliphatic hydroxyl groups excluding tert-OH is 3. The summed E-state index contributed by atoms with van der Waals surface area (Å²) in [5.74, 6) is -5.65. The van der Waals surface area contributed by atoms with E-state index >= 15 is 0 Å². The number of anilines is 1. The summed E-state index contributed by atoms with van der Waals surface area (Å²) in [6, 6.07) is 11.9. The fraction of sp³-hybridized carbons (Fsp3) is 0.559. The van der Waals surface area contributed by atoms with E-state index in [2.05, 4.69) is 10.6 Å². The van der Waals surface area contributed by atoms with Crippen LogP contribution in [0.2, 0.25) is 0 Å². The summed E-state index contributed by atoms with van der Waals surface area (Å²) in [6.07, 6.45) is -10.8. The van der Waals surface area contributed by atoms with Crippen LogP contribution in [0.25, 0.3) is 22.3 Å². The topological polar surface area (TPSA) is 366 Å². The van der Waals surface area contributed by atoms with E-state index in [-0.39, 0.29) is 106 Å². The zero-order valence-electron chi connectivity index (χ0n) is 48.6. The van der Waals surface area contributed by atoms with E-state index in [4.69, 9.17) is 48.6 Å². The lowest BCUT2D eigenvalue weighted by atomic mass is 9.86. The number of fused-ring (bicyclic) bond motifs is 5. The second-order valence-corrected chi connectivity index (χ2v) is 21.7. The van der Waals surface area contributed by atoms with Crippen molar-refractivity contribution in [3.8, 4) is 17.1 Å². The van der Waals surface area contributed by atoms with Gasteiger partial charge in [0, 0.05) is 54.4 Å². The predicted octanol–water partition coefficient (Wildman–Crippen LogP) is 2.03. The van der Waals surface area contributed by atoms with E-state index in [1.807, 2.05) is 24.3 Å². The third-order valence-corrected chi connectivity index (χ3v) is 15.0. The Morgan fingerprint density at radius 3 is 2.19 bits per heavy atom. The van der Waals surface area contributed by atoms with Crippen molar-refractivity contribution in [2.75, 3.05) is 71.3 Å². The molecule has 7 rings (SSSR count). The lowest BCUT2D eigenvalue weighted by Gasteiger charge is -2.38. The number of carbonyl (C=O) groups excluding carboxylic acids is 5. The van der Waals surface area contributed by atoms with Gasteiger partial charge in [0.25, 0.3) is 5.56 Å². The van der Waals surface area contributed by atoms with Gasteiger partial charge < -0.3 is 89.3 Å². The van der Waals surface area contributed by atoms with Crippen LogP contribution in [0.3, 0.4) is 0 Å². The zero-order valence-corrected chi connectivity index (χ0v) is 48.6. The summed E-state index contributed by atoms with van der Waals surface area (Å²) < 4.78 is 45.6. The summed E-state index contributed by atoms with van der Waals surface area (Å²) >= 11 is 0. The Kier molecular flexibility index (Phi) is 23.1. The molecule has 0 radical (unpaired) electrons. The molecule has 85 heavy (non-hydrogen) atoms. The SMILES string of the molecule is CC[C@@]1(O)C(=O)OCc2c1cc1n(c2=O)Cc2c-1nc1ccccc1c2CCN(C(=O)OCc1ccc(NC(=O)[C@H](C)CC(=O)[C@@H](NC(=O)CCOCCOCCOCCOCCN)C(C)C)c(O[C@@H]2O[C@H](C(=O)O)[C@@H](O)[C@H](O)[C@H]2O)c1)C(C)C. The smallest absolute Gasteiger partial charge is 0.410 e. The normalized spacial score (nSPS) is 20.5. The van der Waals surface area contributed by atoms with Gasteiger partial charge in [-0.2, -0.15) is 0 Å². The molecule has 5 heterocycles. The van der Waals surface area contributed by atoms with Gasteiger partial charge in [-0.15, -0.1) is 0 Å². The molecule has 3 aliphatic rings. The molecule has 0 unspecified atom stereocenters. The van der Waals surface area contributed by atoms with Crippen LogP contribution < -0.4 is 26.7 Å². The van der Waals surface area contributed by atoms with Crippen LogP contribution in [0.15, 0.2) is 53.3 Å². The van der Waals surface area contributed by atoms with Crippen LogP contribution in [0, 0.1) is 11.8 Å². The van der Waals surface area contributed by atoms with Crippen LogP contribution in [-0.4, -0.2) is 184 Å². The Hall–Kier alpha value is -6.98. The number of carbonyl (C=O) groups is 6. The fourth-order valence-electron chi connectivity index (χ4n) is 10.2. The number of nitrogens with zero attached hydrogens (tertiary/aromatic N) is 3. The standard InChI is InChI=1S/C59H78N6O20/c1-7-59(77)40-28-43-48-38(29-65(43)54(72)39(40)31-82-57(59)75)36(37-10-8-9-11-41(37)61-48)14-17-64(33(4)5)58(76)83-30-35-12-13-42(45(27-35)84-56-51(70)49(68)50(69)52(85-56)55(73)74)62-53(71)34(6)26-44(66)47(32(2)3)63-46(67)15-18-78-20-22-80-24-25-81-23-21-79-19-16-60/h8-13,27-28,32-34,47,49-52,56,68-70,77H,7,14-26,29-31,60H2,1-6H3,(H,62,71)(H,63,67)(H,73,74)/t34-,47+,49+,50+,51-,52+,56-,59+/m1/s1. The minimum Gasteiger partial charge on any atom is -0.479 e. The molecule has 464 valence electrons. The molecule has 2 aromatic carbocycles. The van der Waals surface area contributed by atoms with Crippen molar-refractivity contribution < 1.29 is 92.2 Å². The highest BCUT2D eigenvalue weighted by Gasteiger charge is 2.49. The first kappa shape index (κ1) is 65.6. The summed E-state index contributed by atoms with van der Waals surface area (Å²) in [6.45, 7) is 12.9. The molecule has 0 aliphatic carbocycles. The molecule has 4 aromatic rings. The molecule has 0 bridgehead atoms. The summed E-state index contributed by atoms with van der Waals surface area (Å²) in [7, 11) is 0. The maximum absolute atomic E-state index is 14.1. The molecule has 8 atom stereocenters. The quantitative estimate of drug-likeness (QED) is 0.0232. The van der Waals surface area contributed by atoms with Crippen molar-refractivity contribution in [3.63, 3.8) is 0 Å². The first-order valence-electron chi connectivity index (χ1n) is 28.5. The van der Waals surface area contributed by atoms with E-state index in [0.717, 1.165) is 16.5 Å². The maximum Gasteiger partial charge on any atom is 0.410 e. The predicted molar refractivity (Wildman–Crippen MR) is 303 cm³/mol. The highest BCUT2D eigenvalue weighted by molar-refractivity contribution is 5.98. The number of rotatable bonds is 31. The van der Waals surface area contributed by atoms with E-state index < -0.39 is 95.5 Å². The van der Waals surface area contributed by atoms with Crippen molar-refractivity contribution in [1.29, 1.82) is 0 Å². The number of nitrogens with two attached hydrogens (primary N) is 1. The number of benzene rings is 2. The van der Waals surface area contributed by atoms with Gasteiger partial charge in [-0.1, -0.05) is 52.0 Å². The largest absolute Gasteiger partial charge is 0.479 e. The number of pyridine rings is 2. The first-order valence-corrected chi connectivity index (χ1v) is 28.5. The summed E-state index contributed by atoms with van der Waals surface area (Å²) in [5.41, 5.74) is 6.61. The second kappa shape index (κ2) is 29.9. The van der Waals surface area contributed by atoms with E-state index in [9.17, 15) is 59.1 Å². The lowest BCUT2D eigenvalue weighted by Crippen LogP contribution is -2.61. The van der Waals surface area contributed by atoms with Crippen molar-refractivity contribution in [3.05, 3.63) is 86.7 Å². The molecule has 9 N–H and O–H groups in total. The zero-order chi connectivity index (χ0) is 61.7. The molecular weight excluding hydrogens is 1110 g/mol. The van der Waals surface area contributed by atoms with Crippen molar-refractivity contribution in [2.24, 2.45) is 17.6 Å². The molecule has 1 fully saturated rings. The number of ketones is 1. The highest BCUT2D eigenvalue weighted by Crippen LogP contribution is 2.41. The number of Topliss-reactive ketones (excluding diaryl/α,β-unsaturated/α-hetero) is 1. The van der Waals surface area contributed by atoms with Gasteiger partial charge in [-0.05, 0) is 68.0 Å². The van der Waals surface area contributed by atoms with Crippen molar-refractivity contribution in [1.82, 2.24) is 19.8 Å². The monoisotopic (exact) mass is 1190 g/mol. The third-order valence-electron chi connectivity index (χ3n) is 15.0. The summed E-state index contributed by atoms with van der Waals surface area (Å²) in [4.78, 5) is 99.9. The van der Waals surface area contributed by atoms with Gasteiger partial charge in [-0.25, -0.2) is 19.4 Å². The third kappa shape index (κ3) is 15.7.